The van der Waals surface area contributed by atoms with Crippen LogP contribution in [-0.2, 0) is 9.53 Å². The molecule has 0 bridgehead atoms. The van der Waals surface area contributed by atoms with Crippen LogP contribution in [0.3, 0.4) is 0 Å². The van der Waals surface area contributed by atoms with Crippen LogP contribution in [-0.4, -0.2) is 35.3 Å². The Morgan fingerprint density at radius 2 is 2.00 bits per heavy atom. The number of fused-ring (bicyclic) bond motifs is 1. The van der Waals surface area contributed by atoms with E-state index in [1.165, 1.54) is 15.9 Å². The molecular weight excluding hydrogens is 478 g/mol. The summed E-state index contributed by atoms with van der Waals surface area (Å²) in [6, 6.07) is 10.1. The van der Waals surface area contributed by atoms with Crippen LogP contribution in [0.1, 0.15) is 38.1 Å². The lowest BCUT2D eigenvalue weighted by molar-refractivity contribution is -0.139. The van der Waals surface area contributed by atoms with E-state index in [4.69, 9.17) is 14.2 Å². The highest BCUT2D eigenvalue weighted by Crippen LogP contribution is 2.36. The Morgan fingerprint density at radius 3 is 2.69 bits per heavy atom. The van der Waals surface area contributed by atoms with Crippen LogP contribution in [0.15, 0.2) is 76.3 Å². The van der Waals surface area contributed by atoms with Gasteiger partial charge in [-0.05, 0) is 56.7 Å². The minimum absolute atomic E-state index is 0.199. The Morgan fingerprint density at radius 1 is 1.17 bits per heavy atom. The number of benzene rings is 1. The highest BCUT2D eigenvalue weighted by Gasteiger charge is 2.34. The van der Waals surface area contributed by atoms with Gasteiger partial charge in [-0.15, -0.1) is 0 Å². The predicted octanol–water partition coefficient (Wildman–Crippen LogP) is 3.16. The third-order valence-electron chi connectivity index (χ3n) is 5.42. The van der Waals surface area contributed by atoms with E-state index in [0.29, 0.717) is 56.6 Å². The zero-order chi connectivity index (χ0) is 25.7. The molecule has 0 saturated carbocycles. The molecule has 9 heteroatoms. The number of hydrogen-bond donors (Lipinski definition) is 0. The van der Waals surface area contributed by atoms with Crippen molar-refractivity contribution in [2.24, 2.45) is 4.99 Å². The molecule has 1 aliphatic rings. The third kappa shape index (κ3) is 5.01. The first-order chi connectivity index (χ1) is 17.5. The van der Waals surface area contributed by atoms with Crippen molar-refractivity contribution < 1.29 is 19.0 Å². The lowest BCUT2D eigenvalue weighted by atomic mass is 9.95. The lowest BCUT2D eigenvalue weighted by Gasteiger charge is -2.25. The van der Waals surface area contributed by atoms with E-state index in [-0.39, 0.29) is 12.2 Å². The molecule has 0 saturated heterocycles. The Hall–Kier alpha value is -3.98. The number of nitrogens with zero attached hydrogens (tertiary/aromatic N) is 3. The molecule has 0 aliphatic carbocycles. The van der Waals surface area contributed by atoms with Crippen molar-refractivity contribution in [3.05, 3.63) is 97.5 Å². The van der Waals surface area contributed by atoms with Crippen LogP contribution >= 0.6 is 11.3 Å². The molecule has 3 aromatic rings. The zero-order valence-corrected chi connectivity index (χ0v) is 21.2. The lowest BCUT2D eigenvalue weighted by Crippen LogP contribution is -2.40. The molecule has 0 spiro atoms. The molecule has 1 unspecified atom stereocenters. The van der Waals surface area contributed by atoms with E-state index >= 15 is 0 Å². The first kappa shape index (κ1) is 25.1. The van der Waals surface area contributed by atoms with Gasteiger partial charge >= 0.3 is 5.97 Å². The van der Waals surface area contributed by atoms with Gasteiger partial charge in [-0.2, -0.15) is 0 Å². The SMILES string of the molecule is C=CCOc1ccc(C2C(C(=O)OCC)=C(C)N=c3sc(=Cc4ccccn4)c(=O)n32)cc1OCC. The standard InChI is InChI=1S/C27H27N3O5S/c1-5-14-35-20-12-11-18(15-21(20)33-6-2)24-23(26(32)34-7-3)17(4)29-27-30(24)25(31)22(36-27)16-19-10-8-9-13-28-19/h5,8-13,15-16,24H,1,6-7,14H2,2-4H3. The predicted molar refractivity (Wildman–Crippen MR) is 138 cm³/mol. The van der Waals surface area contributed by atoms with Gasteiger partial charge in [-0.3, -0.25) is 14.3 Å². The van der Waals surface area contributed by atoms with Crippen LogP contribution < -0.4 is 24.4 Å². The number of aromatic nitrogens is 2. The second-order valence-corrected chi connectivity index (χ2v) is 8.80. The molecular formula is C27H27N3O5S. The Bertz CT molecular complexity index is 1490. The van der Waals surface area contributed by atoms with Crippen molar-refractivity contribution in [3.63, 3.8) is 0 Å². The van der Waals surface area contributed by atoms with Gasteiger partial charge in [0.1, 0.15) is 6.61 Å². The highest BCUT2D eigenvalue weighted by atomic mass is 32.1. The first-order valence-electron chi connectivity index (χ1n) is 11.6. The molecule has 4 rings (SSSR count). The molecule has 186 valence electrons. The number of pyridine rings is 1. The summed E-state index contributed by atoms with van der Waals surface area (Å²) >= 11 is 1.25. The number of carbonyl (C=O) groups is 1. The molecule has 36 heavy (non-hydrogen) atoms. The van der Waals surface area contributed by atoms with Crippen molar-refractivity contribution in [1.82, 2.24) is 9.55 Å². The summed E-state index contributed by atoms with van der Waals surface area (Å²) in [7, 11) is 0. The maximum absolute atomic E-state index is 13.7. The molecule has 1 aromatic carbocycles. The van der Waals surface area contributed by atoms with Crippen molar-refractivity contribution in [2.75, 3.05) is 19.8 Å². The summed E-state index contributed by atoms with van der Waals surface area (Å²) in [6.45, 7) is 9.98. The van der Waals surface area contributed by atoms with E-state index in [0.717, 1.165) is 0 Å². The van der Waals surface area contributed by atoms with Gasteiger partial charge in [0.15, 0.2) is 16.3 Å². The van der Waals surface area contributed by atoms with Crippen LogP contribution in [0.5, 0.6) is 11.5 Å². The van der Waals surface area contributed by atoms with Crippen LogP contribution in [0.25, 0.3) is 6.08 Å². The maximum Gasteiger partial charge on any atom is 0.338 e. The minimum Gasteiger partial charge on any atom is -0.490 e. The number of hydrogen-bond acceptors (Lipinski definition) is 8. The van der Waals surface area contributed by atoms with E-state index < -0.39 is 12.0 Å². The number of esters is 1. The molecule has 0 fully saturated rings. The first-order valence-corrected chi connectivity index (χ1v) is 12.4. The van der Waals surface area contributed by atoms with E-state index in [1.807, 2.05) is 31.2 Å². The molecule has 1 atom stereocenters. The summed E-state index contributed by atoms with van der Waals surface area (Å²) in [5.41, 5.74) is 1.86. The average molecular weight is 506 g/mol. The molecule has 1 aliphatic heterocycles. The number of allylic oxidation sites excluding steroid dienone is 1. The number of rotatable bonds is 9. The highest BCUT2D eigenvalue weighted by molar-refractivity contribution is 7.07. The fourth-order valence-corrected chi connectivity index (χ4v) is 4.96. The van der Waals surface area contributed by atoms with Crippen molar-refractivity contribution >= 4 is 23.4 Å². The van der Waals surface area contributed by atoms with Gasteiger partial charge < -0.3 is 14.2 Å². The van der Waals surface area contributed by atoms with Crippen LogP contribution in [0, 0.1) is 0 Å². The van der Waals surface area contributed by atoms with Crippen LogP contribution in [0.4, 0.5) is 0 Å². The van der Waals surface area contributed by atoms with Gasteiger partial charge in [0.2, 0.25) is 0 Å². The van der Waals surface area contributed by atoms with Crippen LogP contribution in [0.2, 0.25) is 0 Å². The monoisotopic (exact) mass is 505 g/mol. The summed E-state index contributed by atoms with van der Waals surface area (Å²) in [5, 5.41) is 0. The maximum atomic E-state index is 13.7. The molecule has 0 N–H and O–H groups in total. The number of ether oxygens (including phenoxy) is 3. The normalized spacial score (nSPS) is 15.2. The summed E-state index contributed by atoms with van der Waals surface area (Å²) in [4.78, 5) is 36.1. The Labute approximate surface area is 212 Å². The van der Waals surface area contributed by atoms with Gasteiger partial charge in [-0.25, -0.2) is 9.79 Å². The van der Waals surface area contributed by atoms with Gasteiger partial charge in [0.05, 0.1) is 40.8 Å². The Kier molecular flexibility index (Phi) is 7.80. The smallest absolute Gasteiger partial charge is 0.338 e. The molecule has 0 amide bonds. The van der Waals surface area contributed by atoms with E-state index in [9.17, 15) is 9.59 Å². The topological polar surface area (TPSA) is 92.0 Å². The summed E-state index contributed by atoms with van der Waals surface area (Å²) in [6.07, 6.45) is 5.04. The molecule has 2 aromatic heterocycles. The fraction of sp³-hybridized carbons (Fsp3) is 0.259. The number of thiazole rings is 1. The van der Waals surface area contributed by atoms with Crippen molar-refractivity contribution in [2.45, 2.75) is 26.8 Å². The third-order valence-corrected chi connectivity index (χ3v) is 6.41. The molecule has 3 heterocycles. The number of carbonyl (C=O) groups excluding carboxylic acids is 1. The Balaban J connectivity index is 1.94. The largest absolute Gasteiger partial charge is 0.490 e. The zero-order valence-electron chi connectivity index (χ0n) is 20.4. The molecule has 0 radical (unpaired) electrons. The molecule has 8 nitrogen and oxygen atoms in total. The van der Waals surface area contributed by atoms with E-state index in [1.54, 1.807) is 44.3 Å². The van der Waals surface area contributed by atoms with Gasteiger partial charge in [0, 0.05) is 6.20 Å². The van der Waals surface area contributed by atoms with Gasteiger partial charge in [-0.1, -0.05) is 36.1 Å². The summed E-state index contributed by atoms with van der Waals surface area (Å²) < 4.78 is 18.9. The minimum atomic E-state index is -0.751. The van der Waals surface area contributed by atoms with E-state index in [2.05, 4.69) is 16.6 Å². The fourth-order valence-electron chi connectivity index (χ4n) is 3.93. The quantitative estimate of drug-likeness (QED) is 0.328. The van der Waals surface area contributed by atoms with Crippen molar-refractivity contribution in [3.8, 4) is 11.5 Å². The van der Waals surface area contributed by atoms with Crippen molar-refractivity contribution in [1.29, 1.82) is 0 Å². The average Bonchev–Trinajstić information content (AvgIpc) is 3.17. The second-order valence-electron chi connectivity index (χ2n) is 7.80. The van der Waals surface area contributed by atoms with Gasteiger partial charge in [0.25, 0.3) is 5.56 Å². The second kappa shape index (κ2) is 11.2. The summed E-state index contributed by atoms with van der Waals surface area (Å²) in [5.74, 6) is 0.527.